The number of carbonyl (C=O) groups excluding carboxylic acids is 2. The fraction of sp³-hybridized carbons (Fsp3) is 0.111. The highest BCUT2D eigenvalue weighted by molar-refractivity contribution is 6.64. The van der Waals surface area contributed by atoms with Gasteiger partial charge in [-0.15, -0.1) is 0 Å². The van der Waals surface area contributed by atoms with Gasteiger partial charge in [0.15, 0.2) is 0 Å². The van der Waals surface area contributed by atoms with E-state index in [1.54, 1.807) is 0 Å². The van der Waals surface area contributed by atoms with Crippen LogP contribution in [0.2, 0.25) is 0 Å². The van der Waals surface area contributed by atoms with Crippen LogP contribution in [0.15, 0.2) is 48.5 Å². The van der Waals surface area contributed by atoms with Crippen molar-refractivity contribution in [2.24, 2.45) is 0 Å². The molecule has 0 fully saturated rings. The normalized spacial score (nSPS) is 11.0. The Kier molecular flexibility index (Phi) is 4.14. The molecule has 22 heavy (non-hydrogen) atoms. The van der Waals surface area contributed by atoms with E-state index in [9.17, 15) is 9.59 Å². The smallest absolute Gasteiger partial charge is 0.226 e. The van der Waals surface area contributed by atoms with Crippen LogP contribution in [0.25, 0.3) is 21.5 Å². The van der Waals surface area contributed by atoms with Gasteiger partial charge in [-0.25, -0.2) is 0 Å². The first kappa shape index (κ1) is 15.0. The number of carbonyl (C=O) groups is 2. The standard InChI is InChI=1S/C18H12Cl2O2/c19-17(21)9-15-11-5-1-2-6-12(11)16(10-18(20)22)14-8-4-3-7-13(14)15/h1-8H,9-10H2. The molecule has 0 aliphatic heterocycles. The van der Waals surface area contributed by atoms with Crippen LogP contribution in [0.5, 0.6) is 0 Å². The molecular weight excluding hydrogens is 319 g/mol. The Hall–Kier alpha value is -1.90. The first-order valence-corrected chi connectivity index (χ1v) is 7.61. The van der Waals surface area contributed by atoms with Crippen molar-refractivity contribution in [1.29, 1.82) is 0 Å². The van der Waals surface area contributed by atoms with Gasteiger partial charge in [-0.3, -0.25) is 9.59 Å². The van der Waals surface area contributed by atoms with Gasteiger partial charge < -0.3 is 0 Å². The average Bonchev–Trinajstić information content (AvgIpc) is 2.50. The van der Waals surface area contributed by atoms with Crippen LogP contribution in [-0.2, 0) is 22.4 Å². The number of rotatable bonds is 4. The topological polar surface area (TPSA) is 34.1 Å². The van der Waals surface area contributed by atoms with Crippen molar-refractivity contribution < 1.29 is 9.59 Å². The van der Waals surface area contributed by atoms with E-state index >= 15 is 0 Å². The molecule has 110 valence electrons. The van der Waals surface area contributed by atoms with E-state index < -0.39 is 10.5 Å². The highest BCUT2D eigenvalue weighted by Gasteiger charge is 2.16. The van der Waals surface area contributed by atoms with Crippen LogP contribution >= 0.6 is 23.2 Å². The fourth-order valence-electron chi connectivity index (χ4n) is 2.97. The Labute approximate surface area is 137 Å². The first-order valence-electron chi connectivity index (χ1n) is 6.86. The summed E-state index contributed by atoms with van der Waals surface area (Å²) in [5, 5.41) is 2.92. The van der Waals surface area contributed by atoms with Crippen molar-refractivity contribution in [3.63, 3.8) is 0 Å². The minimum Gasteiger partial charge on any atom is -0.281 e. The van der Waals surface area contributed by atoms with Gasteiger partial charge >= 0.3 is 0 Å². The van der Waals surface area contributed by atoms with Crippen LogP contribution in [0, 0.1) is 0 Å². The van der Waals surface area contributed by atoms with Crippen molar-refractivity contribution in [3.05, 3.63) is 59.7 Å². The van der Waals surface area contributed by atoms with Gasteiger partial charge in [-0.05, 0) is 55.9 Å². The van der Waals surface area contributed by atoms with Gasteiger partial charge in [0.2, 0.25) is 10.5 Å². The zero-order chi connectivity index (χ0) is 15.7. The number of hydrogen-bond donors (Lipinski definition) is 0. The number of halogens is 2. The monoisotopic (exact) mass is 330 g/mol. The Morgan fingerprint density at radius 2 is 0.909 bits per heavy atom. The molecular formula is C18H12Cl2O2. The molecule has 0 amide bonds. The summed E-state index contributed by atoms with van der Waals surface area (Å²) in [4.78, 5) is 22.9. The lowest BCUT2D eigenvalue weighted by molar-refractivity contribution is -0.111. The minimum atomic E-state index is -0.406. The van der Waals surface area contributed by atoms with E-state index in [1.165, 1.54) is 0 Å². The zero-order valence-corrected chi connectivity index (χ0v) is 13.1. The van der Waals surface area contributed by atoms with E-state index in [4.69, 9.17) is 23.2 Å². The summed E-state index contributed by atoms with van der Waals surface area (Å²) in [5.74, 6) is 0. The number of benzene rings is 3. The first-order chi connectivity index (χ1) is 10.6. The van der Waals surface area contributed by atoms with Gasteiger partial charge in [0, 0.05) is 12.8 Å². The lowest BCUT2D eigenvalue weighted by Gasteiger charge is -2.15. The summed E-state index contributed by atoms with van der Waals surface area (Å²) in [7, 11) is 0. The van der Waals surface area contributed by atoms with Crippen LogP contribution in [0.3, 0.4) is 0 Å². The van der Waals surface area contributed by atoms with Crippen molar-refractivity contribution >= 4 is 55.2 Å². The van der Waals surface area contributed by atoms with E-state index in [1.807, 2.05) is 48.5 Å². The maximum Gasteiger partial charge on any atom is 0.226 e. The van der Waals surface area contributed by atoms with Crippen LogP contribution in [0.1, 0.15) is 11.1 Å². The largest absolute Gasteiger partial charge is 0.281 e. The number of hydrogen-bond acceptors (Lipinski definition) is 2. The molecule has 0 bridgehead atoms. The summed E-state index contributed by atoms with van der Waals surface area (Å²) in [6.45, 7) is 0. The molecule has 0 atom stereocenters. The molecule has 3 rings (SSSR count). The molecule has 0 spiro atoms. The summed E-state index contributed by atoms with van der Waals surface area (Å²) in [6.07, 6.45) is 0.301. The van der Waals surface area contributed by atoms with Crippen LogP contribution in [-0.4, -0.2) is 10.5 Å². The average molecular weight is 331 g/mol. The van der Waals surface area contributed by atoms with E-state index in [0.29, 0.717) is 0 Å². The third-order valence-corrected chi connectivity index (χ3v) is 4.05. The van der Waals surface area contributed by atoms with Gasteiger partial charge in [0.1, 0.15) is 0 Å². The second kappa shape index (κ2) is 6.07. The second-order valence-corrected chi connectivity index (χ2v) is 5.96. The van der Waals surface area contributed by atoms with E-state index in [-0.39, 0.29) is 12.8 Å². The fourth-order valence-corrected chi connectivity index (χ4v) is 3.24. The molecule has 0 saturated carbocycles. The molecule has 0 radical (unpaired) electrons. The third-order valence-electron chi connectivity index (χ3n) is 3.79. The summed E-state index contributed by atoms with van der Waals surface area (Å²) >= 11 is 11.2. The summed E-state index contributed by atoms with van der Waals surface area (Å²) in [5.41, 5.74) is 1.77. The minimum absolute atomic E-state index is 0.150. The van der Waals surface area contributed by atoms with Gasteiger partial charge in [-0.2, -0.15) is 0 Å². The molecule has 0 aliphatic rings. The molecule has 2 nitrogen and oxygen atoms in total. The summed E-state index contributed by atoms with van der Waals surface area (Å²) in [6, 6.07) is 15.4. The van der Waals surface area contributed by atoms with Crippen molar-refractivity contribution in [2.45, 2.75) is 12.8 Å². The Morgan fingerprint density at radius 1 is 0.636 bits per heavy atom. The molecule has 0 saturated heterocycles. The number of fused-ring (bicyclic) bond motifs is 2. The van der Waals surface area contributed by atoms with Crippen molar-refractivity contribution in [3.8, 4) is 0 Å². The molecule has 0 heterocycles. The van der Waals surface area contributed by atoms with Gasteiger partial charge in [-0.1, -0.05) is 48.5 Å². The lowest BCUT2D eigenvalue weighted by atomic mass is 9.89. The Bertz CT molecular complexity index is 769. The highest BCUT2D eigenvalue weighted by atomic mass is 35.5. The maximum absolute atomic E-state index is 11.5. The van der Waals surface area contributed by atoms with Gasteiger partial charge in [0.05, 0.1) is 0 Å². The quantitative estimate of drug-likeness (QED) is 0.517. The van der Waals surface area contributed by atoms with E-state index in [2.05, 4.69) is 0 Å². The molecule has 0 aliphatic carbocycles. The Morgan fingerprint density at radius 3 is 1.14 bits per heavy atom. The molecule has 0 unspecified atom stereocenters. The zero-order valence-electron chi connectivity index (χ0n) is 11.6. The van der Waals surface area contributed by atoms with Gasteiger partial charge in [0.25, 0.3) is 0 Å². The predicted molar refractivity (Wildman–Crippen MR) is 90.6 cm³/mol. The molecule has 0 N–H and O–H groups in total. The highest BCUT2D eigenvalue weighted by Crippen LogP contribution is 2.34. The van der Waals surface area contributed by atoms with Crippen molar-refractivity contribution in [2.75, 3.05) is 0 Å². The van der Waals surface area contributed by atoms with Crippen molar-refractivity contribution in [1.82, 2.24) is 0 Å². The SMILES string of the molecule is O=C(Cl)Cc1c2ccccc2c(CC(=O)Cl)c2ccccc12. The Balaban J connectivity index is 2.47. The van der Waals surface area contributed by atoms with E-state index in [0.717, 1.165) is 32.7 Å². The molecule has 4 heteroatoms. The maximum atomic E-state index is 11.5. The lowest BCUT2D eigenvalue weighted by Crippen LogP contribution is -2.02. The van der Waals surface area contributed by atoms with Crippen LogP contribution in [0.4, 0.5) is 0 Å². The second-order valence-electron chi connectivity index (χ2n) is 5.11. The van der Waals surface area contributed by atoms with Crippen LogP contribution < -0.4 is 0 Å². The molecule has 3 aromatic rings. The predicted octanol–water partition coefficient (Wildman–Crippen LogP) is 4.61. The molecule has 0 aromatic heterocycles. The third kappa shape index (κ3) is 2.72. The molecule has 3 aromatic carbocycles. The summed E-state index contributed by atoms with van der Waals surface area (Å²) < 4.78 is 0.